The lowest BCUT2D eigenvalue weighted by Crippen LogP contribution is -2.16. The maximum Gasteiger partial charge on any atom is 0.276 e. The van der Waals surface area contributed by atoms with E-state index in [0.29, 0.717) is 11.4 Å². The van der Waals surface area contributed by atoms with Crippen LogP contribution in [0.15, 0.2) is 48.8 Å². The zero-order valence-corrected chi connectivity index (χ0v) is 12.1. The monoisotopic (exact) mass is 314 g/mol. The normalized spacial score (nSPS) is 10.6. The minimum Gasteiger partial charge on any atom is -0.320 e. The second-order valence-electron chi connectivity index (χ2n) is 4.90. The first-order chi connectivity index (χ1) is 11.0. The number of carbonyl (C=O) groups excluding carboxylic acids is 1. The molecule has 0 fully saturated rings. The van der Waals surface area contributed by atoms with Gasteiger partial charge in [0.25, 0.3) is 5.91 Å². The highest BCUT2D eigenvalue weighted by molar-refractivity contribution is 6.03. The van der Waals surface area contributed by atoms with E-state index in [1.54, 1.807) is 30.0 Å². The SMILES string of the molecule is Cc1cc(F)c(F)cc1NC(=O)c1ccc(-n2cccc2)nn1. The molecule has 0 spiro atoms. The summed E-state index contributed by atoms with van der Waals surface area (Å²) in [6.07, 6.45) is 3.60. The number of nitrogens with zero attached hydrogens (tertiary/aromatic N) is 3. The van der Waals surface area contributed by atoms with Crippen LogP contribution >= 0.6 is 0 Å². The standard InChI is InChI=1S/C16H12F2N4O/c1-10-8-11(17)12(18)9-14(10)19-16(23)13-4-5-15(21-20-13)22-6-2-3-7-22/h2-9H,1H3,(H,19,23). The van der Waals surface area contributed by atoms with E-state index in [2.05, 4.69) is 15.5 Å². The number of anilines is 1. The van der Waals surface area contributed by atoms with Crippen LogP contribution in [-0.4, -0.2) is 20.7 Å². The van der Waals surface area contributed by atoms with Crippen LogP contribution in [0, 0.1) is 18.6 Å². The molecule has 2 aromatic heterocycles. The fraction of sp³-hybridized carbons (Fsp3) is 0.0625. The third-order valence-corrected chi connectivity index (χ3v) is 3.27. The molecule has 0 aliphatic carbocycles. The van der Waals surface area contributed by atoms with Crippen LogP contribution in [0.25, 0.3) is 5.82 Å². The Kier molecular flexibility index (Phi) is 3.84. The molecule has 1 N–H and O–H groups in total. The number of nitrogens with one attached hydrogen (secondary N) is 1. The predicted octanol–water partition coefficient (Wildman–Crippen LogP) is 3.11. The summed E-state index contributed by atoms with van der Waals surface area (Å²) in [6.45, 7) is 1.57. The summed E-state index contributed by atoms with van der Waals surface area (Å²) in [6, 6.07) is 8.78. The zero-order valence-electron chi connectivity index (χ0n) is 12.1. The van der Waals surface area contributed by atoms with Crippen LogP contribution in [0.4, 0.5) is 14.5 Å². The molecule has 5 nitrogen and oxygen atoms in total. The average Bonchev–Trinajstić information content (AvgIpc) is 3.07. The molecule has 7 heteroatoms. The second-order valence-corrected chi connectivity index (χ2v) is 4.90. The molecule has 0 saturated heterocycles. The van der Waals surface area contributed by atoms with Crippen LogP contribution < -0.4 is 5.32 Å². The number of halogens is 2. The van der Waals surface area contributed by atoms with Gasteiger partial charge in [0.1, 0.15) is 0 Å². The topological polar surface area (TPSA) is 59.8 Å². The first-order valence-electron chi connectivity index (χ1n) is 6.78. The highest BCUT2D eigenvalue weighted by Crippen LogP contribution is 2.19. The molecule has 0 atom stereocenters. The van der Waals surface area contributed by atoms with Crippen LogP contribution in [0.3, 0.4) is 0 Å². The maximum absolute atomic E-state index is 13.3. The van der Waals surface area contributed by atoms with Crippen molar-refractivity contribution in [2.24, 2.45) is 0 Å². The summed E-state index contributed by atoms with van der Waals surface area (Å²) in [7, 11) is 0. The lowest BCUT2D eigenvalue weighted by molar-refractivity contribution is 0.102. The molecule has 1 amide bonds. The average molecular weight is 314 g/mol. The van der Waals surface area contributed by atoms with Crippen molar-refractivity contribution in [2.45, 2.75) is 6.92 Å². The van der Waals surface area contributed by atoms with Gasteiger partial charge in [0.05, 0.1) is 0 Å². The summed E-state index contributed by atoms with van der Waals surface area (Å²) >= 11 is 0. The van der Waals surface area contributed by atoms with E-state index in [0.717, 1.165) is 12.1 Å². The Morgan fingerprint density at radius 3 is 2.43 bits per heavy atom. The number of carbonyl (C=O) groups is 1. The highest BCUT2D eigenvalue weighted by Gasteiger charge is 2.13. The highest BCUT2D eigenvalue weighted by atomic mass is 19.2. The van der Waals surface area contributed by atoms with Crippen molar-refractivity contribution in [3.05, 3.63) is 71.7 Å². The van der Waals surface area contributed by atoms with Crippen molar-refractivity contribution in [1.82, 2.24) is 14.8 Å². The molecule has 0 saturated carbocycles. The Morgan fingerprint density at radius 2 is 1.78 bits per heavy atom. The van der Waals surface area contributed by atoms with Gasteiger partial charge in [0.2, 0.25) is 0 Å². The quantitative estimate of drug-likeness (QED) is 0.808. The van der Waals surface area contributed by atoms with E-state index < -0.39 is 17.5 Å². The van der Waals surface area contributed by atoms with E-state index in [9.17, 15) is 13.6 Å². The lowest BCUT2D eigenvalue weighted by Gasteiger charge is -2.09. The molecule has 116 valence electrons. The number of hydrogen-bond donors (Lipinski definition) is 1. The molecule has 3 aromatic rings. The lowest BCUT2D eigenvalue weighted by atomic mass is 10.2. The summed E-state index contributed by atoms with van der Waals surface area (Å²) < 4.78 is 28.1. The Hall–Kier alpha value is -3.09. The molecular formula is C16H12F2N4O. The summed E-state index contributed by atoms with van der Waals surface area (Å²) in [5.74, 6) is -1.97. The summed E-state index contributed by atoms with van der Waals surface area (Å²) in [5.41, 5.74) is 0.671. The minimum atomic E-state index is -1.03. The van der Waals surface area contributed by atoms with Gasteiger partial charge in [-0.05, 0) is 42.8 Å². The number of benzene rings is 1. The number of amides is 1. The zero-order chi connectivity index (χ0) is 16.4. The van der Waals surface area contributed by atoms with Crippen molar-refractivity contribution in [3.8, 4) is 5.82 Å². The second kappa shape index (κ2) is 5.96. The van der Waals surface area contributed by atoms with Crippen LogP contribution in [-0.2, 0) is 0 Å². The van der Waals surface area contributed by atoms with Gasteiger partial charge in [-0.25, -0.2) is 8.78 Å². The van der Waals surface area contributed by atoms with Crippen molar-refractivity contribution >= 4 is 11.6 Å². The van der Waals surface area contributed by atoms with E-state index in [1.807, 2.05) is 12.1 Å². The molecule has 0 aliphatic heterocycles. The van der Waals surface area contributed by atoms with E-state index in [-0.39, 0.29) is 11.4 Å². The Morgan fingerprint density at radius 1 is 1.09 bits per heavy atom. The van der Waals surface area contributed by atoms with Crippen molar-refractivity contribution < 1.29 is 13.6 Å². The van der Waals surface area contributed by atoms with Gasteiger partial charge in [0.15, 0.2) is 23.1 Å². The molecule has 0 bridgehead atoms. The van der Waals surface area contributed by atoms with Crippen LogP contribution in [0.1, 0.15) is 16.1 Å². The fourth-order valence-electron chi connectivity index (χ4n) is 2.04. The number of rotatable bonds is 3. The molecule has 0 aliphatic rings. The van der Waals surface area contributed by atoms with Gasteiger partial charge >= 0.3 is 0 Å². The minimum absolute atomic E-state index is 0.0741. The van der Waals surface area contributed by atoms with Crippen LogP contribution in [0.2, 0.25) is 0 Å². The Balaban J connectivity index is 1.80. The van der Waals surface area contributed by atoms with Gasteiger partial charge in [-0.2, -0.15) is 0 Å². The number of aryl methyl sites for hydroxylation is 1. The number of hydrogen-bond acceptors (Lipinski definition) is 3. The van der Waals surface area contributed by atoms with E-state index in [4.69, 9.17) is 0 Å². The van der Waals surface area contributed by atoms with Gasteiger partial charge in [0, 0.05) is 24.1 Å². The first kappa shape index (κ1) is 14.8. The Bertz CT molecular complexity index is 845. The summed E-state index contributed by atoms with van der Waals surface area (Å²) in [5, 5.41) is 10.3. The van der Waals surface area contributed by atoms with Gasteiger partial charge in [-0.15, -0.1) is 10.2 Å². The first-order valence-corrected chi connectivity index (χ1v) is 6.78. The van der Waals surface area contributed by atoms with Crippen molar-refractivity contribution in [3.63, 3.8) is 0 Å². The van der Waals surface area contributed by atoms with Gasteiger partial charge in [-0.3, -0.25) is 4.79 Å². The molecular weight excluding hydrogens is 302 g/mol. The molecule has 23 heavy (non-hydrogen) atoms. The summed E-state index contributed by atoms with van der Waals surface area (Å²) in [4.78, 5) is 12.1. The molecule has 3 rings (SSSR count). The Labute approximate surface area is 130 Å². The van der Waals surface area contributed by atoms with Gasteiger partial charge in [-0.1, -0.05) is 0 Å². The third-order valence-electron chi connectivity index (χ3n) is 3.27. The van der Waals surface area contributed by atoms with Crippen molar-refractivity contribution in [1.29, 1.82) is 0 Å². The molecule has 0 radical (unpaired) electrons. The largest absolute Gasteiger partial charge is 0.320 e. The van der Waals surface area contributed by atoms with E-state index in [1.165, 1.54) is 6.07 Å². The fourth-order valence-corrected chi connectivity index (χ4v) is 2.04. The van der Waals surface area contributed by atoms with Gasteiger partial charge < -0.3 is 9.88 Å². The predicted molar refractivity (Wildman–Crippen MR) is 80.4 cm³/mol. The molecule has 2 heterocycles. The van der Waals surface area contributed by atoms with Crippen LogP contribution in [0.5, 0.6) is 0 Å². The smallest absolute Gasteiger partial charge is 0.276 e. The van der Waals surface area contributed by atoms with Crippen molar-refractivity contribution in [2.75, 3.05) is 5.32 Å². The molecule has 0 unspecified atom stereocenters. The maximum atomic E-state index is 13.3. The van der Waals surface area contributed by atoms with E-state index >= 15 is 0 Å². The molecule has 1 aromatic carbocycles. The number of aromatic nitrogens is 3. The third kappa shape index (κ3) is 3.08.